The fourth-order valence-electron chi connectivity index (χ4n) is 0.516. The Morgan fingerprint density at radius 2 is 2.09 bits per heavy atom. The van der Waals surface area contributed by atoms with Crippen molar-refractivity contribution in [3.63, 3.8) is 0 Å². The van der Waals surface area contributed by atoms with E-state index in [1.165, 1.54) is 0 Å². The maximum Gasteiger partial charge on any atom is 0.0722 e. The van der Waals surface area contributed by atoms with E-state index in [1.54, 1.807) is 0 Å². The Kier molecular flexibility index (Phi) is 6.51. The monoisotopic (exact) mass is 160 g/mol. The molecule has 11 heavy (non-hydrogen) atoms. The van der Waals surface area contributed by atoms with Crippen molar-refractivity contribution in [3.8, 4) is 0 Å². The van der Waals surface area contributed by atoms with Crippen LogP contribution in [0.3, 0.4) is 0 Å². The largest absolute Gasteiger partial charge is 0.328 e. The van der Waals surface area contributed by atoms with Gasteiger partial charge in [0, 0.05) is 12.6 Å². The summed E-state index contributed by atoms with van der Waals surface area (Å²) in [5, 5.41) is 0. The third-order valence-electron chi connectivity index (χ3n) is 1.70. The van der Waals surface area contributed by atoms with Gasteiger partial charge in [0.25, 0.3) is 0 Å². The molecule has 2 atom stereocenters. The standard InChI is InChI=1S/C8H20N2O/c1-4-5-10-11-6-7(2)8(3)9/h7-8,10H,4-6,9H2,1-3H3. The molecule has 0 saturated heterocycles. The lowest BCUT2D eigenvalue weighted by atomic mass is 10.1. The normalized spacial score (nSPS) is 16.4. The summed E-state index contributed by atoms with van der Waals surface area (Å²) in [4.78, 5) is 5.17. The van der Waals surface area contributed by atoms with Crippen molar-refractivity contribution in [1.82, 2.24) is 5.48 Å². The smallest absolute Gasteiger partial charge is 0.0722 e. The minimum Gasteiger partial charge on any atom is -0.328 e. The Labute approximate surface area is 69.3 Å². The topological polar surface area (TPSA) is 47.3 Å². The van der Waals surface area contributed by atoms with Gasteiger partial charge >= 0.3 is 0 Å². The summed E-state index contributed by atoms with van der Waals surface area (Å²) in [5.74, 6) is 0.416. The molecule has 0 rings (SSSR count). The summed E-state index contributed by atoms with van der Waals surface area (Å²) in [6.07, 6.45) is 1.09. The molecule has 0 amide bonds. The zero-order chi connectivity index (χ0) is 8.69. The fourth-order valence-corrected chi connectivity index (χ4v) is 0.516. The molecule has 0 aromatic carbocycles. The van der Waals surface area contributed by atoms with Crippen molar-refractivity contribution in [2.24, 2.45) is 11.7 Å². The first-order valence-corrected chi connectivity index (χ1v) is 4.28. The van der Waals surface area contributed by atoms with Crippen molar-refractivity contribution in [1.29, 1.82) is 0 Å². The van der Waals surface area contributed by atoms with Crippen LogP contribution in [-0.4, -0.2) is 19.2 Å². The lowest BCUT2D eigenvalue weighted by Crippen LogP contribution is -2.30. The maximum absolute atomic E-state index is 5.64. The molecule has 3 N–H and O–H groups in total. The third kappa shape index (κ3) is 6.28. The summed E-state index contributed by atoms with van der Waals surface area (Å²) in [7, 11) is 0. The number of rotatable bonds is 6. The molecule has 68 valence electrons. The van der Waals surface area contributed by atoms with Gasteiger partial charge in [-0.25, -0.2) is 5.48 Å². The van der Waals surface area contributed by atoms with E-state index in [9.17, 15) is 0 Å². The van der Waals surface area contributed by atoms with Gasteiger partial charge in [-0.3, -0.25) is 0 Å². The molecule has 0 aliphatic rings. The van der Waals surface area contributed by atoms with Crippen LogP contribution in [0.25, 0.3) is 0 Å². The lowest BCUT2D eigenvalue weighted by Gasteiger charge is -2.15. The van der Waals surface area contributed by atoms with Gasteiger partial charge in [0.05, 0.1) is 6.61 Å². The van der Waals surface area contributed by atoms with Gasteiger partial charge in [-0.05, 0) is 19.3 Å². The molecule has 0 radical (unpaired) electrons. The predicted molar refractivity (Wildman–Crippen MR) is 47.1 cm³/mol. The average Bonchev–Trinajstić information content (AvgIpc) is 1.97. The zero-order valence-electron chi connectivity index (χ0n) is 7.76. The first-order valence-electron chi connectivity index (χ1n) is 4.28. The van der Waals surface area contributed by atoms with Gasteiger partial charge in [0.15, 0.2) is 0 Å². The van der Waals surface area contributed by atoms with Crippen LogP contribution >= 0.6 is 0 Å². The van der Waals surface area contributed by atoms with E-state index in [4.69, 9.17) is 10.6 Å². The number of hydrogen-bond acceptors (Lipinski definition) is 3. The van der Waals surface area contributed by atoms with Crippen molar-refractivity contribution in [2.75, 3.05) is 13.2 Å². The van der Waals surface area contributed by atoms with Crippen LogP contribution in [0.5, 0.6) is 0 Å². The van der Waals surface area contributed by atoms with E-state index in [2.05, 4.69) is 19.3 Å². The molecular weight excluding hydrogens is 140 g/mol. The second-order valence-electron chi connectivity index (χ2n) is 3.04. The van der Waals surface area contributed by atoms with Gasteiger partial charge < -0.3 is 10.6 Å². The first-order chi connectivity index (χ1) is 5.18. The molecule has 2 unspecified atom stereocenters. The summed E-state index contributed by atoms with van der Waals surface area (Å²) in [6, 6.07) is 0.207. The molecule has 3 heteroatoms. The van der Waals surface area contributed by atoms with Crippen LogP contribution in [0.15, 0.2) is 0 Å². The highest BCUT2D eigenvalue weighted by molar-refractivity contribution is 4.61. The van der Waals surface area contributed by atoms with Crippen LogP contribution in [0, 0.1) is 5.92 Å². The molecule has 0 heterocycles. The Morgan fingerprint density at radius 3 is 2.55 bits per heavy atom. The van der Waals surface area contributed by atoms with Crippen molar-refractivity contribution in [3.05, 3.63) is 0 Å². The molecular formula is C8H20N2O. The Morgan fingerprint density at radius 1 is 1.45 bits per heavy atom. The summed E-state index contributed by atoms with van der Waals surface area (Å²) >= 11 is 0. The molecule has 0 aromatic heterocycles. The Balaban J connectivity index is 3.10. The van der Waals surface area contributed by atoms with E-state index in [-0.39, 0.29) is 6.04 Å². The first kappa shape index (κ1) is 10.9. The second kappa shape index (κ2) is 6.58. The molecule has 3 nitrogen and oxygen atoms in total. The van der Waals surface area contributed by atoms with Crippen LogP contribution < -0.4 is 11.2 Å². The van der Waals surface area contributed by atoms with Gasteiger partial charge in [0.1, 0.15) is 0 Å². The van der Waals surface area contributed by atoms with Gasteiger partial charge in [-0.15, -0.1) is 0 Å². The lowest BCUT2D eigenvalue weighted by molar-refractivity contribution is 0.0169. The highest BCUT2D eigenvalue weighted by atomic mass is 16.6. The van der Waals surface area contributed by atoms with Crippen molar-refractivity contribution >= 4 is 0 Å². The Hall–Kier alpha value is -0.120. The van der Waals surface area contributed by atoms with Crippen molar-refractivity contribution < 1.29 is 4.84 Å². The van der Waals surface area contributed by atoms with E-state index < -0.39 is 0 Å². The van der Waals surface area contributed by atoms with Crippen LogP contribution in [0.2, 0.25) is 0 Å². The van der Waals surface area contributed by atoms with Crippen molar-refractivity contribution in [2.45, 2.75) is 33.2 Å². The quantitative estimate of drug-likeness (QED) is 0.448. The maximum atomic E-state index is 5.64. The number of nitrogens with two attached hydrogens (primary N) is 1. The minimum absolute atomic E-state index is 0.207. The fraction of sp³-hybridized carbons (Fsp3) is 1.00. The minimum atomic E-state index is 0.207. The second-order valence-corrected chi connectivity index (χ2v) is 3.04. The van der Waals surface area contributed by atoms with Crippen LogP contribution in [0.1, 0.15) is 27.2 Å². The van der Waals surface area contributed by atoms with E-state index in [0.29, 0.717) is 12.5 Å². The average molecular weight is 160 g/mol. The highest BCUT2D eigenvalue weighted by Gasteiger charge is 2.06. The molecule has 0 fully saturated rings. The predicted octanol–water partition coefficient (Wildman–Crippen LogP) is 0.901. The van der Waals surface area contributed by atoms with E-state index in [0.717, 1.165) is 13.0 Å². The van der Waals surface area contributed by atoms with E-state index >= 15 is 0 Å². The van der Waals surface area contributed by atoms with Gasteiger partial charge in [-0.1, -0.05) is 13.8 Å². The number of hydroxylamine groups is 1. The van der Waals surface area contributed by atoms with Crippen LogP contribution in [0.4, 0.5) is 0 Å². The van der Waals surface area contributed by atoms with Gasteiger partial charge in [-0.2, -0.15) is 0 Å². The third-order valence-corrected chi connectivity index (χ3v) is 1.70. The van der Waals surface area contributed by atoms with Gasteiger partial charge in [0.2, 0.25) is 0 Å². The number of hydrogen-bond donors (Lipinski definition) is 2. The van der Waals surface area contributed by atoms with E-state index in [1.807, 2.05) is 6.92 Å². The Bertz CT molecular complexity index is 86.2. The molecule has 0 aromatic rings. The summed E-state index contributed by atoms with van der Waals surface area (Å²) in [5.41, 5.74) is 8.51. The summed E-state index contributed by atoms with van der Waals surface area (Å²) in [6.45, 7) is 7.78. The zero-order valence-corrected chi connectivity index (χ0v) is 7.76. The molecule has 0 bridgehead atoms. The molecule has 0 saturated carbocycles. The summed E-state index contributed by atoms with van der Waals surface area (Å²) < 4.78 is 0. The molecule has 0 spiro atoms. The molecule has 0 aliphatic carbocycles. The highest BCUT2D eigenvalue weighted by Crippen LogP contribution is 1.98. The van der Waals surface area contributed by atoms with Crippen LogP contribution in [-0.2, 0) is 4.84 Å². The SMILES string of the molecule is CCCNOCC(C)C(C)N. The number of nitrogens with one attached hydrogen (secondary N) is 1. The molecule has 0 aliphatic heterocycles.